The number of phenolic OH excluding ortho intramolecular Hbond substituents is 2. The van der Waals surface area contributed by atoms with Crippen molar-refractivity contribution in [2.45, 2.75) is 54.4 Å². The minimum absolute atomic E-state index is 0.116. The highest BCUT2D eigenvalue weighted by molar-refractivity contribution is 5.93. The molecule has 2 heteroatoms. The van der Waals surface area contributed by atoms with E-state index >= 15 is 0 Å². The van der Waals surface area contributed by atoms with Crippen molar-refractivity contribution in [2.75, 3.05) is 0 Å². The molecule has 114 valence electrons. The van der Waals surface area contributed by atoms with Gasteiger partial charge in [0.2, 0.25) is 0 Å². The number of fused-ring (bicyclic) bond motifs is 1. The van der Waals surface area contributed by atoms with Gasteiger partial charge in [0.1, 0.15) is 11.5 Å². The summed E-state index contributed by atoms with van der Waals surface area (Å²) in [5.41, 5.74) is 0. The first-order valence-corrected chi connectivity index (χ1v) is 7.60. The Bertz CT molecular complexity index is 411. The van der Waals surface area contributed by atoms with Crippen molar-refractivity contribution in [1.29, 1.82) is 0 Å². The van der Waals surface area contributed by atoms with Crippen LogP contribution in [0.5, 0.6) is 11.5 Å². The fraction of sp³-hybridized carbons (Fsp3) is 0.444. The van der Waals surface area contributed by atoms with E-state index in [2.05, 4.69) is 13.8 Å². The van der Waals surface area contributed by atoms with Gasteiger partial charge >= 0.3 is 0 Å². The molecule has 20 heavy (non-hydrogen) atoms. The molecule has 2 aromatic rings. The molecule has 0 saturated heterocycles. The van der Waals surface area contributed by atoms with Gasteiger partial charge in [-0.25, -0.2) is 0 Å². The Balaban J connectivity index is 0. The van der Waals surface area contributed by atoms with Gasteiger partial charge in [0.25, 0.3) is 0 Å². The maximum Gasteiger partial charge on any atom is 0.127 e. The van der Waals surface area contributed by atoms with Crippen LogP contribution < -0.4 is 0 Å². The lowest BCUT2D eigenvalue weighted by atomic mass is 10.1. The quantitative estimate of drug-likeness (QED) is 0.660. The van der Waals surface area contributed by atoms with Gasteiger partial charge in [-0.2, -0.15) is 0 Å². The van der Waals surface area contributed by atoms with E-state index in [9.17, 15) is 10.2 Å². The zero-order valence-corrected chi connectivity index (χ0v) is 13.8. The van der Waals surface area contributed by atoms with E-state index in [1.54, 1.807) is 24.3 Å². The first-order valence-electron chi connectivity index (χ1n) is 7.60. The molecule has 2 aromatic carbocycles. The maximum absolute atomic E-state index is 9.39. The third kappa shape index (κ3) is 7.03. The lowest BCUT2D eigenvalue weighted by Gasteiger charge is -2.01. The Hall–Kier alpha value is -1.70. The van der Waals surface area contributed by atoms with Crippen molar-refractivity contribution in [3.05, 3.63) is 36.4 Å². The topological polar surface area (TPSA) is 40.5 Å². The fourth-order valence-electron chi connectivity index (χ4n) is 1.30. The summed E-state index contributed by atoms with van der Waals surface area (Å²) >= 11 is 0. The lowest BCUT2D eigenvalue weighted by Crippen LogP contribution is -1.73. The van der Waals surface area contributed by atoms with E-state index in [4.69, 9.17) is 0 Å². The van der Waals surface area contributed by atoms with Gasteiger partial charge in [-0.3, -0.25) is 0 Å². The second kappa shape index (κ2) is 13.7. The van der Waals surface area contributed by atoms with Crippen LogP contribution in [0.25, 0.3) is 10.8 Å². The second-order valence-electron chi connectivity index (χ2n) is 3.65. The first-order chi connectivity index (χ1) is 9.70. The Morgan fingerprint density at radius 1 is 0.700 bits per heavy atom. The third-order valence-corrected chi connectivity index (χ3v) is 2.36. The Morgan fingerprint density at radius 2 is 1.05 bits per heavy atom. The number of hydrogen-bond acceptors (Lipinski definition) is 2. The molecule has 2 rings (SSSR count). The molecule has 0 amide bonds. The van der Waals surface area contributed by atoms with E-state index in [-0.39, 0.29) is 11.5 Å². The standard InChI is InChI=1S/C10H8O2.C4H10.2C2H6/c11-8-5-1-3-7-4-2-6-9(12)10(7)8;1-3-4-2;2*1-2/h1-6,11-12H;3-4H2,1-2H3;2*1-2H3. The predicted molar refractivity (Wildman–Crippen MR) is 90.6 cm³/mol. The molecule has 0 aliphatic carbocycles. The molecule has 0 atom stereocenters. The highest BCUT2D eigenvalue weighted by Gasteiger charge is 2.02. The molecule has 0 bridgehead atoms. The third-order valence-electron chi connectivity index (χ3n) is 2.36. The summed E-state index contributed by atoms with van der Waals surface area (Å²) in [6, 6.07) is 10.3. The zero-order chi connectivity index (χ0) is 16.0. The van der Waals surface area contributed by atoms with Crippen molar-refractivity contribution < 1.29 is 10.2 Å². The molecule has 2 nitrogen and oxygen atoms in total. The van der Waals surface area contributed by atoms with Crippen LogP contribution >= 0.6 is 0 Å². The maximum atomic E-state index is 9.39. The minimum Gasteiger partial charge on any atom is -0.507 e. The minimum atomic E-state index is 0.116. The van der Waals surface area contributed by atoms with Crippen LogP contribution in [0.1, 0.15) is 54.4 Å². The van der Waals surface area contributed by atoms with Crippen molar-refractivity contribution in [3.63, 3.8) is 0 Å². The summed E-state index contributed by atoms with van der Waals surface area (Å²) in [6.45, 7) is 12.4. The van der Waals surface area contributed by atoms with Crippen LogP contribution in [0.4, 0.5) is 0 Å². The zero-order valence-electron chi connectivity index (χ0n) is 13.8. The molecule has 0 aliphatic heterocycles. The van der Waals surface area contributed by atoms with E-state index in [0.717, 1.165) is 5.39 Å². The number of benzene rings is 2. The van der Waals surface area contributed by atoms with Gasteiger partial charge in [0.15, 0.2) is 0 Å². The van der Waals surface area contributed by atoms with Gasteiger partial charge in [0, 0.05) is 0 Å². The Morgan fingerprint density at radius 3 is 1.30 bits per heavy atom. The summed E-state index contributed by atoms with van der Waals surface area (Å²) in [5.74, 6) is 0.233. The SMILES string of the molecule is CC.CC.CCCC.Oc1cccc2cccc(O)c12. The lowest BCUT2D eigenvalue weighted by molar-refractivity contribution is 0.464. The second-order valence-corrected chi connectivity index (χ2v) is 3.65. The van der Waals surface area contributed by atoms with Crippen LogP contribution in [0.15, 0.2) is 36.4 Å². The average Bonchev–Trinajstić information content (AvgIpc) is 2.52. The molecule has 0 fully saturated rings. The molecule has 0 unspecified atom stereocenters. The van der Waals surface area contributed by atoms with E-state index in [0.29, 0.717) is 5.39 Å². The normalized spacial score (nSPS) is 8.30. The molecular weight excluding hydrogens is 248 g/mol. The molecule has 0 spiro atoms. The molecular formula is C18H30O2. The molecule has 0 aliphatic rings. The van der Waals surface area contributed by atoms with E-state index < -0.39 is 0 Å². The number of rotatable bonds is 1. The Labute approximate surface area is 124 Å². The van der Waals surface area contributed by atoms with E-state index in [1.807, 2.05) is 39.8 Å². The van der Waals surface area contributed by atoms with Crippen LogP contribution in [0, 0.1) is 0 Å². The smallest absolute Gasteiger partial charge is 0.127 e. The molecule has 2 N–H and O–H groups in total. The molecule has 0 radical (unpaired) electrons. The molecule has 0 heterocycles. The molecule has 0 saturated carbocycles. The summed E-state index contributed by atoms with van der Waals surface area (Å²) < 4.78 is 0. The highest BCUT2D eigenvalue weighted by atomic mass is 16.3. The number of unbranched alkanes of at least 4 members (excludes halogenated alkanes) is 1. The number of aromatic hydroxyl groups is 2. The summed E-state index contributed by atoms with van der Waals surface area (Å²) in [4.78, 5) is 0. The van der Waals surface area contributed by atoms with Gasteiger partial charge < -0.3 is 10.2 Å². The van der Waals surface area contributed by atoms with Crippen LogP contribution in [-0.2, 0) is 0 Å². The fourth-order valence-corrected chi connectivity index (χ4v) is 1.30. The van der Waals surface area contributed by atoms with Gasteiger partial charge in [-0.15, -0.1) is 0 Å². The van der Waals surface area contributed by atoms with Gasteiger partial charge in [-0.1, -0.05) is 78.6 Å². The Kier molecular flexibility index (Phi) is 14.1. The van der Waals surface area contributed by atoms with Crippen molar-refractivity contribution in [2.24, 2.45) is 0 Å². The predicted octanol–water partition coefficient (Wildman–Crippen LogP) is 6.11. The largest absolute Gasteiger partial charge is 0.507 e. The summed E-state index contributed by atoms with van der Waals surface area (Å²) in [6.07, 6.45) is 2.64. The van der Waals surface area contributed by atoms with Gasteiger partial charge in [0.05, 0.1) is 5.39 Å². The monoisotopic (exact) mass is 278 g/mol. The van der Waals surface area contributed by atoms with E-state index in [1.165, 1.54) is 12.8 Å². The molecule has 0 aromatic heterocycles. The van der Waals surface area contributed by atoms with Crippen molar-refractivity contribution in [3.8, 4) is 11.5 Å². The number of hydrogen-bond donors (Lipinski definition) is 2. The average molecular weight is 278 g/mol. The van der Waals surface area contributed by atoms with Crippen molar-refractivity contribution >= 4 is 10.8 Å². The van der Waals surface area contributed by atoms with Crippen molar-refractivity contribution in [1.82, 2.24) is 0 Å². The van der Waals surface area contributed by atoms with Crippen LogP contribution in [0.3, 0.4) is 0 Å². The summed E-state index contributed by atoms with van der Waals surface area (Å²) in [5, 5.41) is 20.1. The first kappa shape index (κ1) is 20.6. The summed E-state index contributed by atoms with van der Waals surface area (Å²) in [7, 11) is 0. The van der Waals surface area contributed by atoms with Crippen LogP contribution in [-0.4, -0.2) is 10.2 Å². The highest BCUT2D eigenvalue weighted by Crippen LogP contribution is 2.31. The van der Waals surface area contributed by atoms with Crippen LogP contribution in [0.2, 0.25) is 0 Å². The van der Waals surface area contributed by atoms with Gasteiger partial charge in [-0.05, 0) is 17.5 Å². The number of phenols is 2.